The van der Waals surface area contributed by atoms with Crippen molar-refractivity contribution in [2.24, 2.45) is 5.73 Å². The molecule has 0 saturated carbocycles. The van der Waals surface area contributed by atoms with Crippen LogP contribution in [0.3, 0.4) is 0 Å². The van der Waals surface area contributed by atoms with Crippen LogP contribution in [0.1, 0.15) is 44.2 Å². The Kier molecular flexibility index (Phi) is 3.39. The highest BCUT2D eigenvalue weighted by Crippen LogP contribution is 2.52. The minimum atomic E-state index is -0.00329. The molecular formula is C19H23N. The largest absolute Gasteiger partial charge is 0.327 e. The zero-order valence-electron chi connectivity index (χ0n) is 12.4. The van der Waals surface area contributed by atoms with E-state index in [1.54, 1.807) is 0 Å². The molecule has 1 nitrogen and oxygen atoms in total. The molecule has 2 aromatic carbocycles. The van der Waals surface area contributed by atoms with Gasteiger partial charge in [0.15, 0.2) is 0 Å². The molecule has 104 valence electrons. The Morgan fingerprint density at radius 1 is 0.900 bits per heavy atom. The van der Waals surface area contributed by atoms with Gasteiger partial charge < -0.3 is 5.73 Å². The fourth-order valence-electron chi connectivity index (χ4n) is 3.96. The van der Waals surface area contributed by atoms with Gasteiger partial charge in [-0.1, -0.05) is 68.8 Å². The van der Waals surface area contributed by atoms with E-state index in [1.165, 1.54) is 22.3 Å². The molecule has 0 fully saturated rings. The third-order valence-corrected chi connectivity index (χ3v) is 4.82. The summed E-state index contributed by atoms with van der Waals surface area (Å²) in [6, 6.07) is 17.8. The number of nitrogens with two attached hydrogens (primary N) is 1. The number of hydrogen-bond acceptors (Lipinski definition) is 1. The molecule has 1 atom stereocenters. The van der Waals surface area contributed by atoms with E-state index in [4.69, 9.17) is 5.73 Å². The van der Waals surface area contributed by atoms with Gasteiger partial charge in [0.05, 0.1) is 0 Å². The van der Waals surface area contributed by atoms with Gasteiger partial charge in [-0.3, -0.25) is 0 Å². The lowest BCUT2D eigenvalue weighted by molar-refractivity contribution is 0.375. The van der Waals surface area contributed by atoms with Gasteiger partial charge >= 0.3 is 0 Å². The number of fused-ring (bicyclic) bond motifs is 3. The van der Waals surface area contributed by atoms with Gasteiger partial charge in [-0.15, -0.1) is 0 Å². The van der Waals surface area contributed by atoms with E-state index in [2.05, 4.69) is 62.4 Å². The maximum Gasteiger partial charge on any atom is 0.0365 e. The van der Waals surface area contributed by atoms with Crippen LogP contribution in [0.5, 0.6) is 0 Å². The van der Waals surface area contributed by atoms with Gasteiger partial charge in [0.1, 0.15) is 0 Å². The molecule has 3 rings (SSSR count). The minimum Gasteiger partial charge on any atom is -0.327 e. The topological polar surface area (TPSA) is 26.0 Å². The second-order valence-corrected chi connectivity index (χ2v) is 5.83. The third kappa shape index (κ3) is 1.66. The Balaban J connectivity index is 2.33. The Morgan fingerprint density at radius 2 is 1.40 bits per heavy atom. The van der Waals surface area contributed by atoms with Gasteiger partial charge in [0.2, 0.25) is 0 Å². The summed E-state index contributed by atoms with van der Waals surface area (Å²) < 4.78 is 0. The lowest BCUT2D eigenvalue weighted by Gasteiger charge is -2.37. The maximum atomic E-state index is 6.63. The summed E-state index contributed by atoms with van der Waals surface area (Å²) in [5.74, 6) is 0. The molecule has 1 aliphatic carbocycles. The fraction of sp³-hybridized carbons (Fsp3) is 0.368. The molecule has 0 spiro atoms. The van der Waals surface area contributed by atoms with Crippen LogP contribution in [0, 0.1) is 0 Å². The van der Waals surface area contributed by atoms with Crippen molar-refractivity contribution >= 4 is 0 Å². The van der Waals surface area contributed by atoms with E-state index in [0.717, 1.165) is 19.3 Å². The van der Waals surface area contributed by atoms with Crippen molar-refractivity contribution in [3.63, 3.8) is 0 Å². The highest BCUT2D eigenvalue weighted by molar-refractivity contribution is 5.81. The summed E-state index contributed by atoms with van der Waals surface area (Å²) in [5, 5.41) is 0. The molecule has 0 heterocycles. The zero-order chi connectivity index (χ0) is 14.2. The zero-order valence-corrected chi connectivity index (χ0v) is 12.4. The van der Waals surface area contributed by atoms with E-state index in [0.29, 0.717) is 0 Å². The molecule has 1 heteroatoms. The summed E-state index contributed by atoms with van der Waals surface area (Å²) in [6.45, 7) is 4.46. The minimum absolute atomic E-state index is 0.00329. The predicted molar refractivity (Wildman–Crippen MR) is 85.8 cm³/mol. The van der Waals surface area contributed by atoms with E-state index in [1.807, 2.05) is 0 Å². The van der Waals surface area contributed by atoms with Gasteiger partial charge in [0, 0.05) is 11.5 Å². The quantitative estimate of drug-likeness (QED) is 0.866. The molecule has 0 bridgehead atoms. The van der Waals surface area contributed by atoms with Gasteiger partial charge in [-0.25, -0.2) is 0 Å². The van der Waals surface area contributed by atoms with Gasteiger partial charge in [-0.2, -0.15) is 0 Å². The molecule has 0 saturated heterocycles. The van der Waals surface area contributed by atoms with Crippen LogP contribution in [-0.4, -0.2) is 6.04 Å². The molecule has 0 radical (unpaired) electrons. The van der Waals surface area contributed by atoms with Crippen molar-refractivity contribution in [3.8, 4) is 11.1 Å². The molecule has 2 aromatic rings. The van der Waals surface area contributed by atoms with Crippen molar-refractivity contribution in [3.05, 3.63) is 59.7 Å². The SMILES string of the molecule is CCCC1(C(N)CC)c2ccccc2-c2ccccc21. The molecule has 0 aromatic heterocycles. The van der Waals surface area contributed by atoms with Crippen LogP contribution in [0.15, 0.2) is 48.5 Å². The molecule has 2 N–H and O–H groups in total. The highest BCUT2D eigenvalue weighted by atomic mass is 14.7. The number of benzene rings is 2. The Hall–Kier alpha value is -1.60. The van der Waals surface area contributed by atoms with Crippen molar-refractivity contribution in [2.45, 2.75) is 44.6 Å². The standard InChI is InChI=1S/C19H23N/c1-3-13-19(18(20)4-2)16-11-7-5-9-14(16)15-10-6-8-12-17(15)19/h5-12,18H,3-4,13,20H2,1-2H3. The van der Waals surface area contributed by atoms with Crippen molar-refractivity contribution < 1.29 is 0 Å². The van der Waals surface area contributed by atoms with Crippen LogP contribution in [-0.2, 0) is 5.41 Å². The highest BCUT2D eigenvalue weighted by Gasteiger charge is 2.45. The van der Waals surface area contributed by atoms with E-state index in [-0.39, 0.29) is 11.5 Å². The first-order chi connectivity index (χ1) is 9.75. The monoisotopic (exact) mass is 265 g/mol. The average molecular weight is 265 g/mol. The Labute approximate surface area is 121 Å². The van der Waals surface area contributed by atoms with Crippen molar-refractivity contribution in [2.75, 3.05) is 0 Å². The lowest BCUT2D eigenvalue weighted by Crippen LogP contribution is -2.44. The van der Waals surface area contributed by atoms with Crippen LogP contribution < -0.4 is 5.73 Å². The summed E-state index contributed by atoms with van der Waals surface area (Å²) in [6.07, 6.45) is 3.27. The molecule has 0 aliphatic heterocycles. The Bertz CT molecular complexity index is 569. The molecule has 0 amide bonds. The maximum absolute atomic E-state index is 6.63. The second kappa shape index (κ2) is 5.06. The third-order valence-electron chi connectivity index (χ3n) is 4.82. The lowest BCUT2D eigenvalue weighted by atomic mass is 9.68. The van der Waals surface area contributed by atoms with Gasteiger partial charge in [-0.05, 0) is 35.1 Å². The fourth-order valence-corrected chi connectivity index (χ4v) is 3.96. The number of hydrogen-bond donors (Lipinski definition) is 1. The normalized spacial score (nSPS) is 16.6. The van der Waals surface area contributed by atoms with Crippen LogP contribution in [0.2, 0.25) is 0 Å². The molecule has 1 unspecified atom stereocenters. The van der Waals surface area contributed by atoms with Crippen molar-refractivity contribution in [1.29, 1.82) is 0 Å². The first-order valence-electron chi connectivity index (χ1n) is 7.70. The first kappa shape index (κ1) is 13.4. The van der Waals surface area contributed by atoms with Gasteiger partial charge in [0.25, 0.3) is 0 Å². The Morgan fingerprint density at radius 3 is 1.85 bits per heavy atom. The molecule has 20 heavy (non-hydrogen) atoms. The van der Waals surface area contributed by atoms with Crippen molar-refractivity contribution in [1.82, 2.24) is 0 Å². The smallest absolute Gasteiger partial charge is 0.0365 e. The van der Waals surface area contributed by atoms with Crippen LogP contribution >= 0.6 is 0 Å². The summed E-state index contributed by atoms with van der Waals surface area (Å²) in [5.41, 5.74) is 12.2. The average Bonchev–Trinajstić information content (AvgIpc) is 2.79. The van der Waals surface area contributed by atoms with Crippen LogP contribution in [0.25, 0.3) is 11.1 Å². The van der Waals surface area contributed by atoms with Crippen LogP contribution in [0.4, 0.5) is 0 Å². The molecular weight excluding hydrogens is 242 g/mol. The second-order valence-electron chi connectivity index (χ2n) is 5.83. The van der Waals surface area contributed by atoms with E-state index >= 15 is 0 Å². The summed E-state index contributed by atoms with van der Waals surface area (Å²) in [4.78, 5) is 0. The van der Waals surface area contributed by atoms with E-state index < -0.39 is 0 Å². The first-order valence-corrected chi connectivity index (χ1v) is 7.70. The predicted octanol–water partition coefficient (Wildman–Crippen LogP) is 4.49. The van der Waals surface area contributed by atoms with E-state index in [9.17, 15) is 0 Å². The summed E-state index contributed by atoms with van der Waals surface area (Å²) >= 11 is 0. The summed E-state index contributed by atoms with van der Waals surface area (Å²) in [7, 11) is 0. The molecule has 1 aliphatic rings. The number of rotatable bonds is 4.